The highest BCUT2D eigenvalue weighted by Crippen LogP contribution is 2.35. The van der Waals surface area contributed by atoms with Crippen molar-refractivity contribution in [3.8, 4) is 17.0 Å². The standard InChI is InChI=1S/C24H24F2N4O3/c1-30(20-8-5-15(25)11-18(20)26)16-6-9-21(31)17(12-16)19-7-4-14(23(27)29-19)13-28-24(32)22-3-2-10-33-22/h4-9,11-12,22,31H,2-3,10,13H2,1H3,(H2,27,29)(H,28,32). The molecule has 1 aromatic heterocycles. The SMILES string of the molecule is CN(c1ccc(O)c(-c2ccc(CNC(=O)C3CCCO3)c(N)n2)c1)c1ccc(F)cc1F. The summed E-state index contributed by atoms with van der Waals surface area (Å²) in [6.45, 7) is 0.790. The van der Waals surface area contributed by atoms with Crippen LogP contribution in [0.15, 0.2) is 48.5 Å². The second-order valence-electron chi connectivity index (χ2n) is 7.82. The van der Waals surface area contributed by atoms with Gasteiger partial charge in [0.15, 0.2) is 0 Å². The molecule has 2 aromatic carbocycles. The summed E-state index contributed by atoms with van der Waals surface area (Å²) in [5.41, 5.74) is 8.27. The Morgan fingerprint density at radius 2 is 2.06 bits per heavy atom. The number of aromatic hydroxyl groups is 1. The Kier molecular flexibility index (Phi) is 6.41. The van der Waals surface area contributed by atoms with E-state index in [4.69, 9.17) is 10.5 Å². The number of nitrogen functional groups attached to an aromatic ring is 1. The number of hydrogen-bond acceptors (Lipinski definition) is 6. The lowest BCUT2D eigenvalue weighted by Gasteiger charge is -2.21. The maximum atomic E-state index is 14.2. The van der Waals surface area contributed by atoms with Crippen LogP contribution in [0.25, 0.3) is 11.3 Å². The number of carbonyl (C=O) groups excluding carboxylic acids is 1. The molecule has 3 aromatic rings. The largest absolute Gasteiger partial charge is 0.507 e. The van der Waals surface area contributed by atoms with Crippen molar-refractivity contribution in [2.75, 3.05) is 24.3 Å². The molecule has 0 radical (unpaired) electrons. The molecule has 1 aliphatic heterocycles. The number of nitrogens with one attached hydrogen (secondary N) is 1. The monoisotopic (exact) mass is 454 g/mol. The number of pyridine rings is 1. The molecular weight excluding hydrogens is 430 g/mol. The number of nitrogens with two attached hydrogens (primary N) is 1. The number of amides is 1. The minimum Gasteiger partial charge on any atom is -0.507 e. The van der Waals surface area contributed by atoms with Gasteiger partial charge in [0.2, 0.25) is 5.91 Å². The lowest BCUT2D eigenvalue weighted by Crippen LogP contribution is -2.33. The number of benzene rings is 2. The van der Waals surface area contributed by atoms with Crippen molar-refractivity contribution in [1.82, 2.24) is 10.3 Å². The number of hydrogen-bond donors (Lipinski definition) is 3. The Balaban J connectivity index is 1.54. The first-order valence-electron chi connectivity index (χ1n) is 10.5. The molecule has 1 unspecified atom stereocenters. The van der Waals surface area contributed by atoms with Crippen LogP contribution in [0.3, 0.4) is 0 Å². The van der Waals surface area contributed by atoms with Gasteiger partial charge < -0.3 is 25.8 Å². The highest BCUT2D eigenvalue weighted by molar-refractivity contribution is 5.81. The maximum absolute atomic E-state index is 14.2. The molecule has 0 spiro atoms. The number of aromatic nitrogens is 1. The van der Waals surface area contributed by atoms with Crippen LogP contribution < -0.4 is 16.0 Å². The highest BCUT2D eigenvalue weighted by Gasteiger charge is 2.23. The van der Waals surface area contributed by atoms with Crippen LogP contribution in [0.5, 0.6) is 5.75 Å². The predicted octanol–water partition coefficient (Wildman–Crippen LogP) is 3.88. The molecule has 172 valence electrons. The van der Waals surface area contributed by atoms with Gasteiger partial charge in [-0.2, -0.15) is 0 Å². The average molecular weight is 454 g/mol. The van der Waals surface area contributed by atoms with Crippen LogP contribution in [0, 0.1) is 11.6 Å². The topological polar surface area (TPSA) is 101 Å². The van der Waals surface area contributed by atoms with Gasteiger partial charge in [0.1, 0.15) is 29.3 Å². The summed E-state index contributed by atoms with van der Waals surface area (Å²) in [4.78, 5) is 18.1. The highest BCUT2D eigenvalue weighted by atomic mass is 19.1. The number of phenolic OH excluding ortho intramolecular Hbond substituents is 1. The average Bonchev–Trinajstić information content (AvgIpc) is 3.33. The Morgan fingerprint density at radius 3 is 2.76 bits per heavy atom. The first-order valence-corrected chi connectivity index (χ1v) is 10.5. The van der Waals surface area contributed by atoms with Gasteiger partial charge >= 0.3 is 0 Å². The molecule has 1 fully saturated rings. The minimum atomic E-state index is -0.705. The normalized spacial score (nSPS) is 15.4. The number of carbonyl (C=O) groups is 1. The molecular formula is C24H24F2N4O3. The van der Waals surface area contributed by atoms with E-state index in [-0.39, 0.29) is 29.7 Å². The zero-order valence-corrected chi connectivity index (χ0v) is 18.0. The molecule has 33 heavy (non-hydrogen) atoms. The second kappa shape index (κ2) is 9.41. The van der Waals surface area contributed by atoms with Gasteiger partial charge in [-0.3, -0.25) is 4.79 Å². The van der Waals surface area contributed by atoms with Crippen LogP contribution >= 0.6 is 0 Å². The summed E-state index contributed by atoms with van der Waals surface area (Å²) in [5, 5.41) is 13.2. The van der Waals surface area contributed by atoms with E-state index < -0.39 is 17.7 Å². The lowest BCUT2D eigenvalue weighted by molar-refractivity contribution is -0.130. The van der Waals surface area contributed by atoms with Gasteiger partial charge in [-0.15, -0.1) is 0 Å². The van der Waals surface area contributed by atoms with Crippen molar-refractivity contribution in [2.45, 2.75) is 25.5 Å². The third-order valence-corrected chi connectivity index (χ3v) is 5.60. The van der Waals surface area contributed by atoms with Crippen molar-refractivity contribution in [1.29, 1.82) is 0 Å². The summed E-state index contributed by atoms with van der Waals surface area (Å²) in [7, 11) is 1.63. The van der Waals surface area contributed by atoms with Crippen molar-refractivity contribution in [3.05, 3.63) is 65.7 Å². The van der Waals surface area contributed by atoms with E-state index in [1.165, 1.54) is 23.1 Å². The molecule has 9 heteroatoms. The van der Waals surface area contributed by atoms with Crippen LogP contribution in [0.4, 0.5) is 26.0 Å². The predicted molar refractivity (Wildman–Crippen MR) is 121 cm³/mol. The first-order chi connectivity index (χ1) is 15.8. The number of halogens is 2. The van der Waals surface area contributed by atoms with E-state index in [2.05, 4.69) is 10.3 Å². The zero-order chi connectivity index (χ0) is 23.5. The van der Waals surface area contributed by atoms with Gasteiger partial charge in [-0.25, -0.2) is 13.8 Å². The molecule has 1 atom stereocenters. The van der Waals surface area contributed by atoms with E-state index in [9.17, 15) is 18.7 Å². The van der Waals surface area contributed by atoms with Gasteiger partial charge in [-0.1, -0.05) is 6.07 Å². The number of nitrogens with zero attached hydrogens (tertiary/aromatic N) is 2. The van der Waals surface area contributed by atoms with E-state index in [0.717, 1.165) is 12.5 Å². The Hall–Kier alpha value is -3.72. The molecule has 4 rings (SSSR count). The third kappa shape index (κ3) is 4.88. The van der Waals surface area contributed by atoms with Crippen LogP contribution in [-0.2, 0) is 16.1 Å². The molecule has 1 amide bonds. The van der Waals surface area contributed by atoms with E-state index in [1.54, 1.807) is 31.3 Å². The van der Waals surface area contributed by atoms with Crippen molar-refractivity contribution in [3.63, 3.8) is 0 Å². The summed E-state index contributed by atoms with van der Waals surface area (Å²) < 4.78 is 32.8. The van der Waals surface area contributed by atoms with E-state index in [1.807, 2.05) is 0 Å². The zero-order valence-electron chi connectivity index (χ0n) is 18.0. The van der Waals surface area contributed by atoms with Crippen molar-refractivity contribution in [2.24, 2.45) is 0 Å². The molecule has 2 heterocycles. The Bertz CT molecular complexity index is 1180. The summed E-state index contributed by atoms with van der Waals surface area (Å²) in [6.07, 6.45) is 1.13. The van der Waals surface area contributed by atoms with Gasteiger partial charge in [0.25, 0.3) is 0 Å². The van der Waals surface area contributed by atoms with Crippen molar-refractivity contribution >= 4 is 23.1 Å². The Labute approximate surface area is 189 Å². The smallest absolute Gasteiger partial charge is 0.249 e. The fourth-order valence-corrected chi connectivity index (χ4v) is 3.71. The molecule has 0 bridgehead atoms. The quantitative estimate of drug-likeness (QED) is 0.523. The second-order valence-corrected chi connectivity index (χ2v) is 7.82. The lowest BCUT2D eigenvalue weighted by atomic mass is 10.1. The van der Waals surface area contributed by atoms with Gasteiger partial charge in [0, 0.05) is 43.1 Å². The van der Waals surface area contributed by atoms with Crippen LogP contribution in [0.2, 0.25) is 0 Å². The molecule has 0 aliphatic carbocycles. The molecule has 1 aliphatic rings. The van der Waals surface area contributed by atoms with Crippen molar-refractivity contribution < 1.29 is 23.4 Å². The number of phenols is 1. The molecule has 0 saturated carbocycles. The van der Waals surface area contributed by atoms with E-state index in [0.29, 0.717) is 35.5 Å². The fourth-order valence-electron chi connectivity index (χ4n) is 3.71. The fraction of sp³-hybridized carbons (Fsp3) is 0.250. The number of ether oxygens (including phenoxy) is 1. The van der Waals surface area contributed by atoms with Crippen LogP contribution in [-0.4, -0.2) is 35.8 Å². The molecule has 4 N–H and O–H groups in total. The summed E-state index contributed by atoms with van der Waals surface area (Å²) in [5.74, 6) is -1.37. The molecule has 7 nitrogen and oxygen atoms in total. The Morgan fingerprint density at radius 1 is 1.24 bits per heavy atom. The maximum Gasteiger partial charge on any atom is 0.249 e. The minimum absolute atomic E-state index is 0.0296. The molecule has 1 saturated heterocycles. The van der Waals surface area contributed by atoms with Gasteiger partial charge in [0.05, 0.1) is 11.4 Å². The number of anilines is 3. The van der Waals surface area contributed by atoms with Crippen LogP contribution in [0.1, 0.15) is 18.4 Å². The summed E-state index contributed by atoms with van der Waals surface area (Å²) in [6, 6.07) is 11.5. The third-order valence-electron chi connectivity index (χ3n) is 5.60. The van der Waals surface area contributed by atoms with E-state index >= 15 is 0 Å². The van der Waals surface area contributed by atoms with Gasteiger partial charge in [-0.05, 0) is 49.2 Å². The number of rotatable bonds is 6. The summed E-state index contributed by atoms with van der Waals surface area (Å²) >= 11 is 0. The first kappa shape index (κ1) is 22.5.